The van der Waals surface area contributed by atoms with Crippen LogP contribution in [-0.4, -0.2) is 25.6 Å². The predicted molar refractivity (Wildman–Crippen MR) is 112 cm³/mol. The van der Waals surface area contributed by atoms with E-state index in [-0.39, 0.29) is 21.2 Å². The van der Waals surface area contributed by atoms with Crippen LogP contribution in [0.15, 0.2) is 75.6 Å². The third kappa shape index (κ3) is 5.86. The van der Waals surface area contributed by atoms with Crippen molar-refractivity contribution in [3.63, 3.8) is 0 Å². The molecule has 2 aromatic carbocycles. The predicted octanol–water partition coefficient (Wildman–Crippen LogP) is 5.22. The fraction of sp³-hybridized carbons (Fsp3) is 0.143. The zero-order chi connectivity index (χ0) is 22.8. The lowest BCUT2D eigenvalue weighted by Gasteiger charge is -2.13. The molecule has 31 heavy (non-hydrogen) atoms. The summed E-state index contributed by atoms with van der Waals surface area (Å²) < 4.78 is 63.1. The second-order valence-electron chi connectivity index (χ2n) is 6.75. The van der Waals surface area contributed by atoms with Crippen molar-refractivity contribution >= 4 is 33.2 Å². The molecule has 0 aliphatic rings. The molecule has 0 fully saturated rings. The number of rotatable bonds is 5. The normalized spacial score (nSPS) is 11.9. The summed E-state index contributed by atoms with van der Waals surface area (Å²) in [7, 11) is -3.52. The van der Waals surface area contributed by atoms with E-state index in [2.05, 4.69) is 10.3 Å². The van der Waals surface area contributed by atoms with Crippen LogP contribution in [-0.2, 0) is 16.0 Å². The van der Waals surface area contributed by atoms with Crippen LogP contribution in [0.25, 0.3) is 0 Å². The summed E-state index contributed by atoms with van der Waals surface area (Å²) in [6.45, 7) is 1.87. The van der Waals surface area contributed by atoms with Gasteiger partial charge in [-0.1, -0.05) is 35.5 Å². The summed E-state index contributed by atoms with van der Waals surface area (Å²) in [6, 6.07) is 13.4. The lowest BCUT2D eigenvalue weighted by molar-refractivity contribution is -0.137. The number of nitrogens with zero attached hydrogens (tertiary/aromatic N) is 1. The molecule has 3 rings (SSSR count). The molecule has 0 saturated carbocycles. The summed E-state index contributed by atoms with van der Waals surface area (Å²) in [5.74, 6) is -0.834. The average Bonchev–Trinajstić information content (AvgIpc) is 2.67. The highest BCUT2D eigenvalue weighted by Crippen LogP contribution is 2.34. The highest BCUT2D eigenvalue weighted by atomic mass is 32.2. The fourth-order valence-corrected chi connectivity index (χ4v) is 4.29. The molecule has 3 aromatic rings. The summed E-state index contributed by atoms with van der Waals surface area (Å²) in [5, 5.41) is 2.56. The van der Waals surface area contributed by atoms with E-state index in [4.69, 9.17) is 0 Å². The number of carbonyl (C=O) groups is 1. The number of aromatic nitrogens is 1. The van der Waals surface area contributed by atoms with E-state index >= 15 is 0 Å². The Morgan fingerprint density at radius 3 is 2.42 bits per heavy atom. The van der Waals surface area contributed by atoms with Gasteiger partial charge in [0.2, 0.25) is 0 Å². The van der Waals surface area contributed by atoms with Crippen LogP contribution < -0.4 is 5.32 Å². The molecule has 0 bridgehead atoms. The summed E-state index contributed by atoms with van der Waals surface area (Å²) in [4.78, 5) is 17.4. The topological polar surface area (TPSA) is 76.1 Å². The van der Waals surface area contributed by atoms with Gasteiger partial charge >= 0.3 is 6.18 Å². The molecule has 1 aromatic heterocycles. The van der Waals surface area contributed by atoms with Crippen LogP contribution >= 0.6 is 11.8 Å². The lowest BCUT2D eigenvalue weighted by atomic mass is 10.2. The maximum absolute atomic E-state index is 13.2. The van der Waals surface area contributed by atoms with Crippen molar-refractivity contribution in [1.82, 2.24) is 4.98 Å². The van der Waals surface area contributed by atoms with E-state index in [9.17, 15) is 26.4 Å². The van der Waals surface area contributed by atoms with Crippen molar-refractivity contribution in [3.05, 3.63) is 77.5 Å². The maximum Gasteiger partial charge on any atom is 0.417 e. The first kappa shape index (κ1) is 22.8. The first-order valence-corrected chi connectivity index (χ1v) is 11.6. The highest BCUT2D eigenvalue weighted by molar-refractivity contribution is 7.99. The van der Waals surface area contributed by atoms with E-state index < -0.39 is 27.5 Å². The van der Waals surface area contributed by atoms with Crippen LogP contribution in [0.5, 0.6) is 0 Å². The average molecular weight is 467 g/mol. The Hall–Kier alpha value is -2.85. The van der Waals surface area contributed by atoms with Gasteiger partial charge in [-0.3, -0.25) is 4.79 Å². The number of hydrogen-bond donors (Lipinski definition) is 1. The molecule has 0 unspecified atom stereocenters. The largest absolute Gasteiger partial charge is 0.417 e. The molecule has 5 nitrogen and oxygen atoms in total. The van der Waals surface area contributed by atoms with Crippen molar-refractivity contribution in [1.29, 1.82) is 0 Å². The number of halogens is 3. The van der Waals surface area contributed by atoms with Gasteiger partial charge in [0.25, 0.3) is 5.91 Å². The summed E-state index contributed by atoms with van der Waals surface area (Å²) >= 11 is 1.06. The lowest BCUT2D eigenvalue weighted by Crippen LogP contribution is -2.16. The van der Waals surface area contributed by atoms with Crippen molar-refractivity contribution in [2.24, 2.45) is 0 Å². The number of sulfone groups is 1. The molecule has 0 aliphatic heterocycles. The molecular weight excluding hydrogens is 449 g/mol. The number of carbonyl (C=O) groups excluding carboxylic acids is 1. The Morgan fingerprint density at radius 2 is 1.77 bits per heavy atom. The Kier molecular flexibility index (Phi) is 6.42. The molecule has 0 aliphatic carbocycles. The van der Waals surface area contributed by atoms with Gasteiger partial charge in [0, 0.05) is 23.0 Å². The van der Waals surface area contributed by atoms with Crippen molar-refractivity contribution < 1.29 is 26.4 Å². The minimum Gasteiger partial charge on any atom is -0.322 e. The zero-order valence-electron chi connectivity index (χ0n) is 16.4. The molecule has 1 N–H and O–H groups in total. The minimum absolute atomic E-state index is 0.0261. The van der Waals surface area contributed by atoms with Crippen LogP contribution in [0.4, 0.5) is 18.9 Å². The van der Waals surface area contributed by atoms with Gasteiger partial charge in [-0.05, 0) is 43.3 Å². The Balaban J connectivity index is 1.99. The highest BCUT2D eigenvalue weighted by Gasteiger charge is 2.32. The van der Waals surface area contributed by atoms with Crippen LogP contribution in [0.3, 0.4) is 0 Å². The molecular formula is C21H17F3N2O3S2. The third-order valence-electron chi connectivity index (χ3n) is 4.15. The molecule has 0 spiro atoms. The van der Waals surface area contributed by atoms with Gasteiger partial charge in [-0.25, -0.2) is 13.4 Å². The summed E-state index contributed by atoms with van der Waals surface area (Å²) in [5.41, 5.74) is -0.250. The number of benzene rings is 2. The summed E-state index contributed by atoms with van der Waals surface area (Å²) in [6.07, 6.45) is -2.98. The van der Waals surface area contributed by atoms with Gasteiger partial charge in [-0.2, -0.15) is 13.2 Å². The molecule has 1 heterocycles. The van der Waals surface area contributed by atoms with Crippen molar-refractivity contribution in [3.8, 4) is 0 Å². The SMILES string of the molecule is Cc1cccc(Sc2ncc(C(F)(F)F)cc2C(=O)Nc2cccc(S(C)(=O)=O)c2)c1. The van der Waals surface area contributed by atoms with Crippen molar-refractivity contribution in [2.75, 3.05) is 11.6 Å². The number of pyridine rings is 1. The van der Waals surface area contributed by atoms with Gasteiger partial charge in [-0.15, -0.1) is 0 Å². The minimum atomic E-state index is -4.68. The van der Waals surface area contributed by atoms with E-state index in [0.29, 0.717) is 11.1 Å². The van der Waals surface area contributed by atoms with Crippen LogP contribution in [0, 0.1) is 6.92 Å². The first-order valence-electron chi connectivity index (χ1n) is 8.87. The molecule has 162 valence electrons. The monoisotopic (exact) mass is 466 g/mol. The van der Waals surface area contributed by atoms with Crippen LogP contribution in [0.1, 0.15) is 21.5 Å². The molecule has 0 radical (unpaired) electrons. The second kappa shape index (κ2) is 8.72. The molecule has 0 atom stereocenters. The second-order valence-corrected chi connectivity index (χ2v) is 9.83. The number of aryl methyl sites for hydroxylation is 1. The third-order valence-corrected chi connectivity index (χ3v) is 6.27. The van der Waals surface area contributed by atoms with E-state index in [1.165, 1.54) is 24.3 Å². The maximum atomic E-state index is 13.2. The van der Waals surface area contributed by atoms with Gasteiger partial charge in [0.15, 0.2) is 9.84 Å². The fourth-order valence-electron chi connectivity index (χ4n) is 2.64. The number of anilines is 1. The molecule has 10 heteroatoms. The van der Waals surface area contributed by atoms with Crippen molar-refractivity contribution in [2.45, 2.75) is 27.9 Å². The Labute approximate surface area is 181 Å². The van der Waals surface area contributed by atoms with Crippen LogP contribution in [0.2, 0.25) is 0 Å². The Morgan fingerprint density at radius 1 is 1.06 bits per heavy atom. The quantitative estimate of drug-likeness (QED) is 0.558. The number of hydrogen-bond acceptors (Lipinski definition) is 5. The Bertz CT molecular complexity index is 1240. The standard InChI is InChI=1S/C21H17F3N2O3S2/c1-13-5-3-7-16(9-13)30-20-18(10-14(12-25-20)21(22,23)24)19(27)26-15-6-4-8-17(11-15)31(2,28)29/h3-12H,1-2H3,(H,26,27). The first-order chi connectivity index (χ1) is 14.4. The van der Waals surface area contributed by atoms with Gasteiger partial charge in [0.1, 0.15) is 5.03 Å². The van der Waals surface area contributed by atoms with E-state index in [1.54, 1.807) is 12.1 Å². The molecule has 0 saturated heterocycles. The number of alkyl halides is 3. The van der Waals surface area contributed by atoms with Gasteiger partial charge in [0.05, 0.1) is 16.0 Å². The molecule has 1 amide bonds. The zero-order valence-corrected chi connectivity index (χ0v) is 18.0. The van der Waals surface area contributed by atoms with Gasteiger partial charge < -0.3 is 5.32 Å². The number of amides is 1. The smallest absolute Gasteiger partial charge is 0.322 e. The van der Waals surface area contributed by atoms with E-state index in [1.807, 2.05) is 19.1 Å². The van der Waals surface area contributed by atoms with E-state index in [0.717, 1.165) is 29.6 Å². The number of nitrogens with one attached hydrogen (secondary N) is 1.